The summed E-state index contributed by atoms with van der Waals surface area (Å²) in [5, 5.41) is 12.4. The predicted octanol–water partition coefficient (Wildman–Crippen LogP) is 2.05. The minimum absolute atomic E-state index is 0.112. The zero-order chi connectivity index (χ0) is 14.9. The zero-order valence-corrected chi connectivity index (χ0v) is 12.9. The maximum Gasteiger partial charge on any atom is 0.323 e. The van der Waals surface area contributed by atoms with E-state index in [1.807, 2.05) is 20.8 Å². The zero-order valence-electron chi connectivity index (χ0n) is 12.9. The van der Waals surface area contributed by atoms with Gasteiger partial charge in [0.25, 0.3) is 0 Å². The molecule has 0 aliphatic rings. The second-order valence-corrected chi connectivity index (χ2v) is 5.43. The van der Waals surface area contributed by atoms with E-state index >= 15 is 0 Å². The van der Waals surface area contributed by atoms with Crippen molar-refractivity contribution >= 4 is 5.97 Å². The van der Waals surface area contributed by atoms with Crippen molar-refractivity contribution in [2.45, 2.75) is 65.1 Å². The molecule has 114 valence electrons. The summed E-state index contributed by atoms with van der Waals surface area (Å²) < 4.78 is 10.9. The molecule has 0 fully saturated rings. The van der Waals surface area contributed by atoms with Crippen molar-refractivity contribution in [3.05, 3.63) is 0 Å². The third-order valence-corrected chi connectivity index (χ3v) is 2.75. The average molecular weight is 275 g/mol. The van der Waals surface area contributed by atoms with E-state index in [1.165, 1.54) is 0 Å². The monoisotopic (exact) mass is 275 g/mol. The normalized spacial score (nSPS) is 16.3. The fourth-order valence-electron chi connectivity index (χ4n) is 2.03. The number of hydrogen-bond donors (Lipinski definition) is 2. The molecule has 0 aromatic heterocycles. The highest BCUT2D eigenvalue weighted by molar-refractivity contribution is 5.78. The molecule has 0 aliphatic carbocycles. The lowest BCUT2D eigenvalue weighted by atomic mass is 9.94. The molecule has 19 heavy (non-hydrogen) atoms. The Morgan fingerprint density at radius 2 is 1.89 bits per heavy atom. The SMILES string of the molecule is CCCOCCOC(C)CC(C)(NC(C)C)C(=O)O. The number of ether oxygens (including phenoxy) is 2. The van der Waals surface area contributed by atoms with Crippen LogP contribution < -0.4 is 5.32 Å². The topological polar surface area (TPSA) is 67.8 Å². The lowest BCUT2D eigenvalue weighted by molar-refractivity contribution is -0.146. The smallest absolute Gasteiger partial charge is 0.323 e. The molecule has 0 saturated heterocycles. The molecule has 0 rings (SSSR count). The first kappa shape index (κ1) is 18.4. The van der Waals surface area contributed by atoms with E-state index in [1.54, 1.807) is 6.92 Å². The summed E-state index contributed by atoms with van der Waals surface area (Å²) in [6.07, 6.45) is 1.29. The van der Waals surface area contributed by atoms with Crippen LogP contribution in [0.1, 0.15) is 47.5 Å². The van der Waals surface area contributed by atoms with Crippen LogP contribution in [0.15, 0.2) is 0 Å². The van der Waals surface area contributed by atoms with Crippen molar-refractivity contribution in [2.75, 3.05) is 19.8 Å². The Balaban J connectivity index is 4.10. The molecule has 2 N–H and O–H groups in total. The summed E-state index contributed by atoms with van der Waals surface area (Å²) in [5.41, 5.74) is -0.960. The van der Waals surface area contributed by atoms with Crippen LogP contribution in [0.4, 0.5) is 0 Å². The van der Waals surface area contributed by atoms with E-state index in [0.29, 0.717) is 19.6 Å². The maximum atomic E-state index is 11.4. The van der Waals surface area contributed by atoms with Gasteiger partial charge in [-0.2, -0.15) is 0 Å². The second kappa shape index (κ2) is 9.28. The summed E-state index contributed by atoms with van der Waals surface area (Å²) in [4.78, 5) is 11.4. The van der Waals surface area contributed by atoms with Crippen LogP contribution in [0, 0.1) is 0 Å². The number of carbonyl (C=O) groups is 1. The van der Waals surface area contributed by atoms with Crippen LogP contribution in [0.5, 0.6) is 0 Å². The molecule has 0 radical (unpaired) electrons. The van der Waals surface area contributed by atoms with Gasteiger partial charge in [-0.15, -0.1) is 0 Å². The van der Waals surface area contributed by atoms with Gasteiger partial charge in [0.05, 0.1) is 19.3 Å². The first-order valence-corrected chi connectivity index (χ1v) is 7.02. The van der Waals surface area contributed by atoms with Gasteiger partial charge in [0, 0.05) is 19.1 Å². The first-order valence-electron chi connectivity index (χ1n) is 7.02. The molecule has 5 heteroatoms. The molecular weight excluding hydrogens is 246 g/mol. The van der Waals surface area contributed by atoms with Gasteiger partial charge in [-0.3, -0.25) is 10.1 Å². The highest BCUT2D eigenvalue weighted by Crippen LogP contribution is 2.16. The van der Waals surface area contributed by atoms with Crippen LogP contribution in [0.25, 0.3) is 0 Å². The number of rotatable bonds is 11. The van der Waals surface area contributed by atoms with Crippen LogP contribution in [-0.2, 0) is 14.3 Å². The molecule has 0 heterocycles. The first-order chi connectivity index (χ1) is 8.81. The Hall–Kier alpha value is -0.650. The van der Waals surface area contributed by atoms with Gasteiger partial charge in [-0.25, -0.2) is 0 Å². The number of nitrogens with one attached hydrogen (secondary N) is 1. The van der Waals surface area contributed by atoms with E-state index in [4.69, 9.17) is 9.47 Å². The van der Waals surface area contributed by atoms with E-state index in [0.717, 1.165) is 13.0 Å². The number of hydrogen-bond acceptors (Lipinski definition) is 4. The molecule has 2 unspecified atom stereocenters. The van der Waals surface area contributed by atoms with Gasteiger partial charge in [-0.05, 0) is 34.1 Å². The van der Waals surface area contributed by atoms with Gasteiger partial charge < -0.3 is 14.6 Å². The fraction of sp³-hybridized carbons (Fsp3) is 0.929. The molecule has 5 nitrogen and oxygen atoms in total. The second-order valence-electron chi connectivity index (χ2n) is 5.43. The average Bonchev–Trinajstić information content (AvgIpc) is 2.27. The predicted molar refractivity (Wildman–Crippen MR) is 75.5 cm³/mol. The van der Waals surface area contributed by atoms with Crippen molar-refractivity contribution < 1.29 is 19.4 Å². The molecule has 0 amide bonds. The summed E-state index contributed by atoms with van der Waals surface area (Å²) in [5.74, 6) is -0.848. The number of carboxylic acid groups (broad SMARTS) is 1. The van der Waals surface area contributed by atoms with Gasteiger partial charge in [0.1, 0.15) is 5.54 Å². The Kier molecular flexibility index (Phi) is 8.97. The highest BCUT2D eigenvalue weighted by Gasteiger charge is 2.35. The van der Waals surface area contributed by atoms with E-state index in [-0.39, 0.29) is 12.1 Å². The molecule has 0 spiro atoms. The third kappa shape index (κ3) is 8.18. The van der Waals surface area contributed by atoms with E-state index < -0.39 is 11.5 Å². The summed E-state index contributed by atoms with van der Waals surface area (Å²) in [6.45, 7) is 11.3. The Morgan fingerprint density at radius 3 is 2.37 bits per heavy atom. The molecule has 0 saturated carbocycles. The van der Waals surface area contributed by atoms with Gasteiger partial charge in [0.15, 0.2) is 0 Å². The highest BCUT2D eigenvalue weighted by atomic mass is 16.5. The fourth-order valence-corrected chi connectivity index (χ4v) is 2.03. The molecule has 2 atom stereocenters. The van der Waals surface area contributed by atoms with Gasteiger partial charge in [-0.1, -0.05) is 6.92 Å². The van der Waals surface area contributed by atoms with Gasteiger partial charge >= 0.3 is 5.97 Å². The van der Waals surface area contributed by atoms with Crippen molar-refractivity contribution in [3.8, 4) is 0 Å². The Bertz CT molecular complexity index is 258. The van der Waals surface area contributed by atoms with Crippen molar-refractivity contribution in [3.63, 3.8) is 0 Å². The van der Waals surface area contributed by atoms with Crippen LogP contribution in [0.2, 0.25) is 0 Å². The van der Waals surface area contributed by atoms with E-state index in [2.05, 4.69) is 12.2 Å². The quantitative estimate of drug-likeness (QED) is 0.565. The molecular formula is C14H29NO4. The molecule has 0 bridgehead atoms. The van der Waals surface area contributed by atoms with Crippen molar-refractivity contribution in [1.29, 1.82) is 0 Å². The van der Waals surface area contributed by atoms with E-state index in [9.17, 15) is 9.90 Å². The summed E-state index contributed by atoms with van der Waals surface area (Å²) in [7, 11) is 0. The lowest BCUT2D eigenvalue weighted by Crippen LogP contribution is -2.54. The van der Waals surface area contributed by atoms with Crippen LogP contribution in [-0.4, -0.2) is 48.6 Å². The van der Waals surface area contributed by atoms with Crippen molar-refractivity contribution in [1.82, 2.24) is 5.32 Å². The van der Waals surface area contributed by atoms with Crippen LogP contribution >= 0.6 is 0 Å². The molecule has 0 aromatic carbocycles. The Morgan fingerprint density at radius 1 is 1.26 bits per heavy atom. The minimum Gasteiger partial charge on any atom is -0.480 e. The lowest BCUT2D eigenvalue weighted by Gasteiger charge is -2.31. The minimum atomic E-state index is -0.960. The summed E-state index contributed by atoms with van der Waals surface area (Å²) in [6, 6.07) is 0.112. The Labute approximate surface area is 116 Å². The molecule has 0 aliphatic heterocycles. The maximum absolute atomic E-state index is 11.4. The summed E-state index contributed by atoms with van der Waals surface area (Å²) >= 11 is 0. The number of aliphatic carboxylic acids is 1. The van der Waals surface area contributed by atoms with Crippen LogP contribution in [0.3, 0.4) is 0 Å². The number of carboxylic acids is 1. The standard InChI is InChI=1S/C14H29NO4/c1-6-7-18-8-9-19-12(4)10-14(5,13(16)17)15-11(2)3/h11-12,15H,6-10H2,1-5H3,(H,16,17). The van der Waals surface area contributed by atoms with Crippen molar-refractivity contribution in [2.24, 2.45) is 0 Å². The van der Waals surface area contributed by atoms with Gasteiger partial charge in [0.2, 0.25) is 0 Å². The largest absolute Gasteiger partial charge is 0.480 e. The molecule has 0 aromatic rings. The third-order valence-electron chi connectivity index (χ3n) is 2.75.